The van der Waals surface area contributed by atoms with E-state index in [9.17, 15) is 4.79 Å². The SMILES string of the molecule is Cc1cc(NC(=O)CCCCN)cc(C)c1Br. The van der Waals surface area contributed by atoms with E-state index in [2.05, 4.69) is 21.2 Å². The van der Waals surface area contributed by atoms with Gasteiger partial charge in [0.1, 0.15) is 0 Å². The zero-order valence-electron chi connectivity index (χ0n) is 10.3. The quantitative estimate of drug-likeness (QED) is 0.821. The smallest absolute Gasteiger partial charge is 0.224 e. The third kappa shape index (κ3) is 4.48. The van der Waals surface area contributed by atoms with Gasteiger partial charge in [-0.2, -0.15) is 0 Å². The van der Waals surface area contributed by atoms with Crippen LogP contribution in [0.1, 0.15) is 30.4 Å². The van der Waals surface area contributed by atoms with Gasteiger partial charge in [-0.05, 0) is 56.5 Å². The second-order valence-electron chi connectivity index (χ2n) is 4.22. The number of rotatable bonds is 5. The standard InChI is InChI=1S/C13H19BrN2O/c1-9-7-11(8-10(2)13(9)14)16-12(17)5-3-4-6-15/h7-8H,3-6,15H2,1-2H3,(H,16,17). The lowest BCUT2D eigenvalue weighted by Gasteiger charge is -2.09. The number of benzene rings is 1. The molecule has 0 atom stereocenters. The largest absolute Gasteiger partial charge is 0.330 e. The van der Waals surface area contributed by atoms with E-state index in [-0.39, 0.29) is 5.91 Å². The van der Waals surface area contributed by atoms with Gasteiger partial charge in [0.25, 0.3) is 0 Å². The van der Waals surface area contributed by atoms with Crippen LogP contribution < -0.4 is 11.1 Å². The molecule has 0 unspecified atom stereocenters. The molecular formula is C13H19BrN2O. The predicted octanol–water partition coefficient (Wildman–Crippen LogP) is 3.13. The molecule has 3 nitrogen and oxygen atoms in total. The predicted molar refractivity (Wildman–Crippen MR) is 75.2 cm³/mol. The van der Waals surface area contributed by atoms with Gasteiger partial charge in [0.05, 0.1) is 0 Å². The molecule has 0 aromatic heterocycles. The maximum absolute atomic E-state index is 11.6. The number of nitrogens with one attached hydrogen (secondary N) is 1. The number of carbonyl (C=O) groups is 1. The Bertz CT molecular complexity index is 381. The Morgan fingerprint density at radius 2 is 1.88 bits per heavy atom. The van der Waals surface area contributed by atoms with Crippen molar-refractivity contribution in [1.29, 1.82) is 0 Å². The molecule has 0 saturated heterocycles. The highest BCUT2D eigenvalue weighted by atomic mass is 79.9. The van der Waals surface area contributed by atoms with Crippen LogP contribution >= 0.6 is 15.9 Å². The average Bonchev–Trinajstić information content (AvgIpc) is 2.26. The third-order valence-corrected chi connectivity index (χ3v) is 3.83. The Morgan fingerprint density at radius 1 is 1.29 bits per heavy atom. The summed E-state index contributed by atoms with van der Waals surface area (Å²) in [5.41, 5.74) is 8.50. The molecule has 0 saturated carbocycles. The number of halogens is 1. The molecule has 3 N–H and O–H groups in total. The highest BCUT2D eigenvalue weighted by molar-refractivity contribution is 9.10. The second-order valence-corrected chi connectivity index (χ2v) is 5.01. The summed E-state index contributed by atoms with van der Waals surface area (Å²) in [4.78, 5) is 11.6. The van der Waals surface area contributed by atoms with Crippen LogP contribution in [0.25, 0.3) is 0 Å². The summed E-state index contributed by atoms with van der Waals surface area (Å²) in [7, 11) is 0. The lowest BCUT2D eigenvalue weighted by atomic mass is 10.1. The Kier molecular flexibility index (Phi) is 5.65. The number of anilines is 1. The zero-order chi connectivity index (χ0) is 12.8. The van der Waals surface area contributed by atoms with E-state index in [1.807, 2.05) is 26.0 Å². The van der Waals surface area contributed by atoms with Gasteiger partial charge in [-0.3, -0.25) is 4.79 Å². The summed E-state index contributed by atoms with van der Waals surface area (Å²) < 4.78 is 1.10. The minimum atomic E-state index is 0.0552. The molecule has 17 heavy (non-hydrogen) atoms. The maximum Gasteiger partial charge on any atom is 0.224 e. The van der Waals surface area contributed by atoms with Crippen LogP contribution in [0.4, 0.5) is 5.69 Å². The molecule has 0 fully saturated rings. The molecule has 0 heterocycles. The van der Waals surface area contributed by atoms with Crippen LogP contribution in [0.5, 0.6) is 0 Å². The van der Waals surface area contributed by atoms with Crippen molar-refractivity contribution in [1.82, 2.24) is 0 Å². The maximum atomic E-state index is 11.6. The van der Waals surface area contributed by atoms with Crippen molar-refractivity contribution in [3.05, 3.63) is 27.7 Å². The molecular weight excluding hydrogens is 280 g/mol. The normalized spacial score (nSPS) is 10.4. The van der Waals surface area contributed by atoms with E-state index in [0.717, 1.165) is 34.1 Å². The van der Waals surface area contributed by atoms with Crippen molar-refractivity contribution < 1.29 is 4.79 Å². The van der Waals surface area contributed by atoms with E-state index in [1.165, 1.54) is 0 Å². The number of amides is 1. The Balaban J connectivity index is 2.60. The van der Waals surface area contributed by atoms with E-state index in [1.54, 1.807) is 0 Å². The highest BCUT2D eigenvalue weighted by Gasteiger charge is 2.05. The van der Waals surface area contributed by atoms with Crippen molar-refractivity contribution in [2.24, 2.45) is 5.73 Å². The van der Waals surface area contributed by atoms with Crippen LogP contribution in [0.15, 0.2) is 16.6 Å². The minimum absolute atomic E-state index is 0.0552. The van der Waals surface area contributed by atoms with E-state index < -0.39 is 0 Å². The highest BCUT2D eigenvalue weighted by Crippen LogP contribution is 2.25. The second kappa shape index (κ2) is 6.77. The molecule has 1 amide bonds. The molecule has 0 radical (unpaired) electrons. The summed E-state index contributed by atoms with van der Waals surface area (Å²) in [6, 6.07) is 3.94. The van der Waals surface area contributed by atoms with Gasteiger partial charge < -0.3 is 11.1 Å². The topological polar surface area (TPSA) is 55.1 Å². The first-order chi connectivity index (χ1) is 8.04. The van der Waals surface area contributed by atoms with Crippen molar-refractivity contribution >= 4 is 27.5 Å². The summed E-state index contributed by atoms with van der Waals surface area (Å²) in [6.07, 6.45) is 2.27. The van der Waals surface area contributed by atoms with Crippen LogP contribution in [0.2, 0.25) is 0 Å². The van der Waals surface area contributed by atoms with Crippen LogP contribution in [-0.4, -0.2) is 12.5 Å². The molecule has 94 valence electrons. The monoisotopic (exact) mass is 298 g/mol. The molecule has 1 aromatic carbocycles. The summed E-state index contributed by atoms with van der Waals surface area (Å²) >= 11 is 3.50. The lowest BCUT2D eigenvalue weighted by Crippen LogP contribution is -2.12. The van der Waals surface area contributed by atoms with Gasteiger partial charge >= 0.3 is 0 Å². The summed E-state index contributed by atoms with van der Waals surface area (Å²) in [5, 5.41) is 2.91. The number of nitrogens with two attached hydrogens (primary N) is 1. The minimum Gasteiger partial charge on any atom is -0.330 e. The molecule has 4 heteroatoms. The Labute approximate surface area is 111 Å². The van der Waals surface area contributed by atoms with Crippen LogP contribution in [0.3, 0.4) is 0 Å². The van der Waals surface area contributed by atoms with Gasteiger partial charge in [0.2, 0.25) is 5.91 Å². The molecule has 1 aromatic rings. The molecule has 0 aliphatic rings. The van der Waals surface area contributed by atoms with Gasteiger partial charge in [-0.1, -0.05) is 15.9 Å². The van der Waals surface area contributed by atoms with Gasteiger partial charge in [-0.25, -0.2) is 0 Å². The van der Waals surface area contributed by atoms with E-state index in [0.29, 0.717) is 13.0 Å². The number of unbranched alkanes of at least 4 members (excludes halogenated alkanes) is 1. The number of hydrogen-bond donors (Lipinski definition) is 2. The number of carbonyl (C=O) groups excluding carboxylic acids is 1. The molecule has 0 spiro atoms. The lowest BCUT2D eigenvalue weighted by molar-refractivity contribution is -0.116. The fourth-order valence-electron chi connectivity index (χ4n) is 1.67. The number of hydrogen-bond acceptors (Lipinski definition) is 2. The van der Waals surface area contributed by atoms with Crippen LogP contribution in [-0.2, 0) is 4.79 Å². The van der Waals surface area contributed by atoms with E-state index in [4.69, 9.17) is 5.73 Å². The first-order valence-electron chi connectivity index (χ1n) is 5.81. The zero-order valence-corrected chi connectivity index (χ0v) is 11.9. The average molecular weight is 299 g/mol. The number of aryl methyl sites for hydroxylation is 2. The van der Waals surface area contributed by atoms with Gasteiger partial charge in [-0.15, -0.1) is 0 Å². The summed E-state index contributed by atoms with van der Waals surface area (Å²) in [6.45, 7) is 4.67. The molecule has 0 aliphatic heterocycles. The molecule has 0 bridgehead atoms. The fraction of sp³-hybridized carbons (Fsp3) is 0.462. The third-order valence-electron chi connectivity index (χ3n) is 2.58. The fourth-order valence-corrected chi connectivity index (χ4v) is 1.90. The molecule has 1 rings (SSSR count). The van der Waals surface area contributed by atoms with Crippen molar-refractivity contribution in [2.75, 3.05) is 11.9 Å². The summed E-state index contributed by atoms with van der Waals surface area (Å²) in [5.74, 6) is 0.0552. The van der Waals surface area contributed by atoms with Crippen molar-refractivity contribution in [2.45, 2.75) is 33.1 Å². The molecule has 0 aliphatic carbocycles. The van der Waals surface area contributed by atoms with E-state index >= 15 is 0 Å². The van der Waals surface area contributed by atoms with Crippen molar-refractivity contribution in [3.8, 4) is 0 Å². The van der Waals surface area contributed by atoms with Gasteiger partial charge in [0.15, 0.2) is 0 Å². The van der Waals surface area contributed by atoms with Crippen LogP contribution in [0, 0.1) is 13.8 Å². The first-order valence-corrected chi connectivity index (χ1v) is 6.60. The first kappa shape index (κ1) is 14.2. The Hall–Kier alpha value is -0.870. The van der Waals surface area contributed by atoms with Crippen molar-refractivity contribution in [3.63, 3.8) is 0 Å². The Morgan fingerprint density at radius 3 is 2.41 bits per heavy atom. The van der Waals surface area contributed by atoms with Gasteiger partial charge in [0, 0.05) is 16.6 Å².